The van der Waals surface area contributed by atoms with Crippen LogP contribution in [-0.4, -0.2) is 32.3 Å². The molecule has 0 fully saturated rings. The summed E-state index contributed by atoms with van der Waals surface area (Å²) in [6, 6.07) is 15.1. The minimum atomic E-state index is -3.71. The molecule has 0 aliphatic heterocycles. The van der Waals surface area contributed by atoms with Gasteiger partial charge in [-0.2, -0.15) is 0 Å². The summed E-state index contributed by atoms with van der Waals surface area (Å²) >= 11 is 0. The zero-order valence-electron chi connectivity index (χ0n) is 16.2. The molecule has 0 aliphatic rings. The Balaban J connectivity index is 1.93. The fraction of sp³-hybridized carbons (Fsp3) is 0.300. The molecule has 0 aliphatic carbocycles. The van der Waals surface area contributed by atoms with Crippen LogP contribution in [0.5, 0.6) is 0 Å². The molecule has 2 rings (SSSR count). The summed E-state index contributed by atoms with van der Waals surface area (Å²) in [4.78, 5) is 24.0. The molecule has 7 nitrogen and oxygen atoms in total. The zero-order valence-corrected chi connectivity index (χ0v) is 17.0. The summed E-state index contributed by atoms with van der Waals surface area (Å²) < 4.78 is 27.3. The van der Waals surface area contributed by atoms with E-state index in [2.05, 4.69) is 15.4 Å². The molecule has 2 aromatic rings. The third-order valence-corrected chi connectivity index (χ3v) is 5.28. The quantitative estimate of drug-likeness (QED) is 0.658. The number of anilines is 1. The number of carbonyl (C=O) groups is 2. The summed E-state index contributed by atoms with van der Waals surface area (Å²) in [6.45, 7) is 5.03. The molecule has 8 heteroatoms. The normalized spacial score (nSPS) is 11.7. The second kappa shape index (κ2) is 8.99. The lowest BCUT2D eigenvalue weighted by Gasteiger charge is -2.20. The van der Waals surface area contributed by atoms with Crippen LogP contribution in [0.2, 0.25) is 0 Å². The van der Waals surface area contributed by atoms with Gasteiger partial charge in [0.25, 0.3) is 0 Å². The van der Waals surface area contributed by atoms with Gasteiger partial charge in [-0.1, -0.05) is 36.4 Å². The predicted molar refractivity (Wildman–Crippen MR) is 108 cm³/mol. The van der Waals surface area contributed by atoms with Gasteiger partial charge in [-0.25, -0.2) is 13.1 Å². The van der Waals surface area contributed by atoms with Crippen LogP contribution in [0.1, 0.15) is 26.3 Å². The average Bonchev–Trinajstić information content (AvgIpc) is 2.59. The molecule has 0 aromatic heterocycles. The van der Waals surface area contributed by atoms with Crippen molar-refractivity contribution in [2.75, 3.05) is 11.9 Å². The van der Waals surface area contributed by atoms with E-state index >= 15 is 0 Å². The minimum Gasteiger partial charge on any atom is -0.347 e. The number of benzene rings is 2. The summed E-state index contributed by atoms with van der Waals surface area (Å²) in [5.74, 6) is -0.716. The highest BCUT2D eigenvalue weighted by Gasteiger charge is 2.22. The first-order chi connectivity index (χ1) is 13.0. The highest BCUT2D eigenvalue weighted by molar-refractivity contribution is 7.89. The van der Waals surface area contributed by atoms with Crippen LogP contribution in [-0.2, 0) is 26.0 Å². The fourth-order valence-corrected chi connectivity index (χ4v) is 3.89. The first kappa shape index (κ1) is 21.6. The number of sulfonamides is 1. The smallest absolute Gasteiger partial charge is 0.243 e. The van der Waals surface area contributed by atoms with Crippen molar-refractivity contribution in [1.29, 1.82) is 0 Å². The zero-order chi connectivity index (χ0) is 20.8. The van der Waals surface area contributed by atoms with Crippen molar-refractivity contribution in [2.45, 2.75) is 37.6 Å². The molecule has 0 saturated carbocycles. The Morgan fingerprint density at radius 3 is 2.25 bits per heavy atom. The van der Waals surface area contributed by atoms with Crippen molar-refractivity contribution in [3.63, 3.8) is 0 Å². The second-order valence-electron chi connectivity index (χ2n) is 7.37. The van der Waals surface area contributed by atoms with E-state index in [9.17, 15) is 18.0 Å². The average molecular weight is 404 g/mol. The Hall–Kier alpha value is -2.71. The van der Waals surface area contributed by atoms with E-state index in [0.717, 1.165) is 5.56 Å². The summed E-state index contributed by atoms with van der Waals surface area (Å²) in [6.07, 6.45) is 0.181. The lowest BCUT2D eigenvalue weighted by atomic mass is 10.1. The minimum absolute atomic E-state index is 0.0494. The van der Waals surface area contributed by atoms with Crippen molar-refractivity contribution >= 4 is 27.5 Å². The fourth-order valence-electron chi connectivity index (χ4n) is 2.43. The van der Waals surface area contributed by atoms with Gasteiger partial charge in [0.05, 0.1) is 17.9 Å². The molecule has 2 amide bonds. The monoisotopic (exact) mass is 403 g/mol. The van der Waals surface area contributed by atoms with E-state index in [-0.39, 0.29) is 23.8 Å². The topological polar surface area (TPSA) is 104 Å². The largest absolute Gasteiger partial charge is 0.347 e. The number of carbonyl (C=O) groups excluding carboxylic acids is 2. The summed E-state index contributed by atoms with van der Waals surface area (Å²) in [5.41, 5.74) is 0.560. The van der Waals surface area contributed by atoms with Crippen molar-refractivity contribution in [3.05, 3.63) is 60.2 Å². The van der Waals surface area contributed by atoms with Crippen LogP contribution >= 0.6 is 0 Å². The van der Waals surface area contributed by atoms with E-state index in [4.69, 9.17) is 0 Å². The molecule has 3 N–H and O–H groups in total. The SMILES string of the molecule is CC(C)(C)NS(=O)(=O)c1cccc(NC(=O)CNC(=O)Cc2ccccc2)c1. The van der Waals surface area contributed by atoms with Gasteiger partial charge in [-0.05, 0) is 44.5 Å². The van der Waals surface area contributed by atoms with Crippen molar-refractivity contribution in [3.8, 4) is 0 Å². The van der Waals surface area contributed by atoms with Crippen molar-refractivity contribution < 1.29 is 18.0 Å². The molecule has 0 unspecified atom stereocenters. The molecule has 0 radical (unpaired) electrons. The van der Waals surface area contributed by atoms with E-state index in [0.29, 0.717) is 5.69 Å². The van der Waals surface area contributed by atoms with Gasteiger partial charge in [0.2, 0.25) is 21.8 Å². The van der Waals surface area contributed by atoms with Crippen LogP contribution in [0.25, 0.3) is 0 Å². The van der Waals surface area contributed by atoms with Crippen LogP contribution in [0.15, 0.2) is 59.5 Å². The molecule has 0 spiro atoms. The Kier molecular flexibility index (Phi) is 6.93. The Bertz CT molecular complexity index is 935. The molecule has 0 bridgehead atoms. The molecule has 28 heavy (non-hydrogen) atoms. The Morgan fingerprint density at radius 1 is 0.929 bits per heavy atom. The van der Waals surface area contributed by atoms with Gasteiger partial charge >= 0.3 is 0 Å². The maximum Gasteiger partial charge on any atom is 0.243 e. The van der Waals surface area contributed by atoms with Gasteiger partial charge in [-0.15, -0.1) is 0 Å². The maximum atomic E-state index is 12.4. The summed E-state index contributed by atoms with van der Waals surface area (Å²) in [5, 5.41) is 5.14. The van der Waals surface area contributed by atoms with E-state index in [1.807, 2.05) is 30.3 Å². The van der Waals surface area contributed by atoms with Gasteiger partial charge in [0.1, 0.15) is 0 Å². The third kappa shape index (κ3) is 7.13. The van der Waals surface area contributed by atoms with E-state index in [1.165, 1.54) is 12.1 Å². The van der Waals surface area contributed by atoms with Crippen molar-refractivity contribution in [1.82, 2.24) is 10.0 Å². The van der Waals surface area contributed by atoms with Crippen LogP contribution in [0.3, 0.4) is 0 Å². The number of hydrogen-bond acceptors (Lipinski definition) is 4. The molecule has 0 atom stereocenters. The molecule has 0 saturated heterocycles. The van der Waals surface area contributed by atoms with Crippen molar-refractivity contribution in [2.24, 2.45) is 0 Å². The Morgan fingerprint density at radius 2 is 1.61 bits per heavy atom. The maximum absolute atomic E-state index is 12.4. The van der Waals surface area contributed by atoms with Gasteiger partial charge < -0.3 is 10.6 Å². The second-order valence-corrected chi connectivity index (χ2v) is 9.05. The summed E-state index contributed by atoms with van der Waals surface area (Å²) in [7, 11) is -3.71. The number of hydrogen-bond donors (Lipinski definition) is 3. The van der Waals surface area contributed by atoms with E-state index < -0.39 is 21.5 Å². The van der Waals surface area contributed by atoms with Crippen LogP contribution in [0.4, 0.5) is 5.69 Å². The van der Waals surface area contributed by atoms with E-state index in [1.54, 1.807) is 32.9 Å². The first-order valence-electron chi connectivity index (χ1n) is 8.80. The third-order valence-electron chi connectivity index (χ3n) is 3.52. The van der Waals surface area contributed by atoms with Gasteiger partial charge in [0.15, 0.2) is 0 Å². The number of nitrogens with one attached hydrogen (secondary N) is 3. The molecular formula is C20H25N3O4S. The molecule has 2 aromatic carbocycles. The highest BCUT2D eigenvalue weighted by atomic mass is 32.2. The van der Waals surface area contributed by atoms with Crippen LogP contribution < -0.4 is 15.4 Å². The van der Waals surface area contributed by atoms with Gasteiger partial charge in [-0.3, -0.25) is 9.59 Å². The number of rotatable bonds is 7. The molecular weight excluding hydrogens is 378 g/mol. The number of amides is 2. The first-order valence-corrected chi connectivity index (χ1v) is 10.3. The standard InChI is InChI=1S/C20H25N3O4S/c1-20(2,3)23-28(26,27)17-11-7-10-16(13-17)22-19(25)14-21-18(24)12-15-8-5-4-6-9-15/h4-11,13,23H,12,14H2,1-3H3,(H,21,24)(H,22,25). The molecule has 150 valence electrons. The highest BCUT2D eigenvalue weighted by Crippen LogP contribution is 2.17. The lowest BCUT2D eigenvalue weighted by molar-refractivity contribution is -0.123. The Labute approximate surface area is 165 Å². The van der Waals surface area contributed by atoms with Gasteiger partial charge in [0, 0.05) is 11.2 Å². The van der Waals surface area contributed by atoms with Crippen LogP contribution in [0, 0.1) is 0 Å². The predicted octanol–water partition coefficient (Wildman–Crippen LogP) is 2.06. The molecule has 0 heterocycles. The lowest BCUT2D eigenvalue weighted by Crippen LogP contribution is -2.40.